The van der Waals surface area contributed by atoms with E-state index >= 15 is 0 Å². The van der Waals surface area contributed by atoms with Gasteiger partial charge in [-0.05, 0) is 12.2 Å². The van der Waals surface area contributed by atoms with Gasteiger partial charge < -0.3 is 5.11 Å². The van der Waals surface area contributed by atoms with Crippen molar-refractivity contribution in [3.63, 3.8) is 0 Å². The van der Waals surface area contributed by atoms with Crippen LogP contribution >= 0.6 is 23.1 Å². The van der Waals surface area contributed by atoms with E-state index in [1.54, 1.807) is 11.3 Å². The van der Waals surface area contributed by atoms with Crippen LogP contribution in [0.2, 0.25) is 0 Å². The van der Waals surface area contributed by atoms with Crippen LogP contribution in [0.3, 0.4) is 0 Å². The summed E-state index contributed by atoms with van der Waals surface area (Å²) in [6.07, 6.45) is 2.01. The molecular weight excluding hydrogens is 242 g/mol. The summed E-state index contributed by atoms with van der Waals surface area (Å²) in [4.78, 5) is 16.2. The number of aryl methyl sites for hydroxylation is 1. The first-order valence-corrected chi connectivity index (χ1v) is 7.41. The van der Waals surface area contributed by atoms with Gasteiger partial charge in [-0.2, -0.15) is 11.8 Å². The van der Waals surface area contributed by atoms with E-state index < -0.39 is 5.97 Å². The van der Waals surface area contributed by atoms with E-state index in [4.69, 9.17) is 5.11 Å². The molecule has 0 saturated carbocycles. The van der Waals surface area contributed by atoms with Gasteiger partial charge in [-0.25, -0.2) is 4.98 Å². The zero-order valence-corrected chi connectivity index (χ0v) is 11.3. The fourth-order valence-corrected chi connectivity index (χ4v) is 3.23. The van der Waals surface area contributed by atoms with Gasteiger partial charge in [0.2, 0.25) is 0 Å². The van der Waals surface area contributed by atoms with Crippen LogP contribution in [-0.4, -0.2) is 21.8 Å². The average molecular weight is 259 g/mol. The highest BCUT2D eigenvalue weighted by atomic mass is 32.2. The largest absolute Gasteiger partial charge is 0.481 e. The number of thioether (sulfide) groups is 1. The average Bonchev–Trinajstić information content (AvgIpc) is 2.58. The number of thiazole rings is 1. The van der Waals surface area contributed by atoms with Crippen molar-refractivity contribution in [2.75, 3.05) is 5.75 Å². The lowest BCUT2D eigenvalue weighted by Crippen LogP contribution is -2.01. The van der Waals surface area contributed by atoms with Crippen LogP contribution in [0.15, 0.2) is 0 Å². The van der Waals surface area contributed by atoms with Crippen molar-refractivity contribution in [2.45, 2.75) is 38.9 Å². The summed E-state index contributed by atoms with van der Waals surface area (Å²) in [6, 6.07) is 0. The number of nitrogens with zero attached hydrogens (tertiary/aromatic N) is 1. The Labute approximate surface area is 104 Å². The highest BCUT2D eigenvalue weighted by Gasteiger charge is 2.13. The Morgan fingerprint density at radius 2 is 2.25 bits per heavy atom. The summed E-state index contributed by atoms with van der Waals surface area (Å²) in [5, 5.41) is 9.88. The molecule has 1 rings (SSSR count). The van der Waals surface area contributed by atoms with Crippen molar-refractivity contribution < 1.29 is 9.90 Å². The smallest absolute Gasteiger partial charge is 0.308 e. The zero-order chi connectivity index (χ0) is 12.0. The number of carbonyl (C=O) groups is 1. The third-order valence-corrected chi connectivity index (χ3v) is 4.22. The van der Waals surface area contributed by atoms with E-state index in [9.17, 15) is 4.79 Å². The molecule has 0 aliphatic carbocycles. The van der Waals surface area contributed by atoms with Crippen molar-refractivity contribution in [1.82, 2.24) is 4.98 Å². The summed E-state index contributed by atoms with van der Waals surface area (Å²) in [5.41, 5.74) is 0.988. The summed E-state index contributed by atoms with van der Waals surface area (Å²) in [7, 11) is 0. The molecule has 5 heteroatoms. The van der Waals surface area contributed by atoms with Crippen LogP contribution in [0.4, 0.5) is 0 Å². The lowest BCUT2D eigenvalue weighted by atomic mass is 10.2. The van der Waals surface area contributed by atoms with Crippen molar-refractivity contribution in [1.29, 1.82) is 0 Å². The molecule has 0 saturated heterocycles. The lowest BCUT2D eigenvalue weighted by molar-refractivity contribution is -0.136. The molecule has 0 aliphatic heterocycles. The number of hydrogen-bond acceptors (Lipinski definition) is 4. The highest BCUT2D eigenvalue weighted by molar-refractivity contribution is 7.98. The number of carboxylic acid groups (broad SMARTS) is 1. The molecule has 90 valence electrons. The highest BCUT2D eigenvalue weighted by Crippen LogP contribution is 2.24. The van der Waals surface area contributed by atoms with Crippen LogP contribution in [0.5, 0.6) is 0 Å². The molecule has 3 nitrogen and oxygen atoms in total. The molecule has 1 heterocycles. The number of hydrogen-bond donors (Lipinski definition) is 1. The first kappa shape index (κ1) is 13.5. The van der Waals surface area contributed by atoms with Gasteiger partial charge in [0.15, 0.2) is 0 Å². The quantitative estimate of drug-likeness (QED) is 0.818. The minimum absolute atomic E-state index is 0.115. The topological polar surface area (TPSA) is 50.2 Å². The van der Waals surface area contributed by atoms with E-state index in [1.807, 2.05) is 11.8 Å². The van der Waals surface area contributed by atoms with Gasteiger partial charge in [-0.3, -0.25) is 4.79 Å². The van der Waals surface area contributed by atoms with Gasteiger partial charge in [-0.15, -0.1) is 11.3 Å². The second-order valence-corrected chi connectivity index (χ2v) is 5.88. The first-order valence-electron chi connectivity index (χ1n) is 5.44. The van der Waals surface area contributed by atoms with Crippen LogP contribution in [0.25, 0.3) is 0 Å². The Kier molecular flexibility index (Phi) is 5.84. The summed E-state index contributed by atoms with van der Waals surface area (Å²) in [6.45, 7) is 4.20. The molecule has 0 aliphatic rings. The molecule has 0 spiro atoms. The number of carboxylic acids is 1. The Morgan fingerprint density at radius 1 is 1.50 bits per heavy atom. The molecular formula is C11H17NO2S2. The second kappa shape index (κ2) is 6.91. The van der Waals surface area contributed by atoms with Crippen LogP contribution < -0.4 is 0 Å². The zero-order valence-electron chi connectivity index (χ0n) is 9.65. The molecule has 0 aromatic carbocycles. The van der Waals surface area contributed by atoms with Crippen LogP contribution in [-0.2, 0) is 23.4 Å². The predicted octanol–water partition coefficient (Wildman–Crippen LogP) is 2.98. The lowest BCUT2D eigenvalue weighted by Gasteiger charge is -1.95. The van der Waals surface area contributed by atoms with Crippen molar-refractivity contribution in [3.8, 4) is 0 Å². The summed E-state index contributed by atoms with van der Waals surface area (Å²) >= 11 is 3.38. The van der Waals surface area contributed by atoms with Gasteiger partial charge >= 0.3 is 5.97 Å². The predicted molar refractivity (Wildman–Crippen MR) is 69.3 cm³/mol. The molecule has 16 heavy (non-hydrogen) atoms. The van der Waals surface area contributed by atoms with E-state index in [1.165, 1.54) is 0 Å². The minimum atomic E-state index is -0.768. The van der Waals surface area contributed by atoms with Gasteiger partial charge in [0, 0.05) is 10.6 Å². The van der Waals surface area contributed by atoms with E-state index in [0.717, 1.165) is 39.9 Å². The minimum Gasteiger partial charge on any atom is -0.481 e. The molecule has 1 aromatic rings. The second-order valence-electron chi connectivity index (χ2n) is 3.44. The Bertz CT molecular complexity index is 350. The van der Waals surface area contributed by atoms with Gasteiger partial charge in [0.05, 0.1) is 12.1 Å². The fourth-order valence-electron chi connectivity index (χ4n) is 1.40. The standard InChI is InChI=1S/C11H17NO2S2/c1-3-5-8-9(6-11(13)14)16-10(12-8)7-15-4-2/h3-7H2,1-2H3,(H,13,14). The van der Waals surface area contributed by atoms with Gasteiger partial charge in [-0.1, -0.05) is 20.3 Å². The van der Waals surface area contributed by atoms with Crippen LogP contribution in [0, 0.1) is 0 Å². The SMILES string of the molecule is CCCc1nc(CSCC)sc1CC(=O)O. The monoisotopic (exact) mass is 259 g/mol. The van der Waals surface area contributed by atoms with E-state index in [-0.39, 0.29) is 6.42 Å². The third kappa shape index (κ3) is 4.14. The molecule has 0 fully saturated rings. The molecule has 1 N–H and O–H groups in total. The van der Waals surface area contributed by atoms with Crippen molar-refractivity contribution in [2.24, 2.45) is 0 Å². The summed E-state index contributed by atoms with van der Waals surface area (Å²) in [5.74, 6) is 1.20. The first-order chi connectivity index (χ1) is 7.67. The molecule has 0 radical (unpaired) electrons. The number of aliphatic carboxylic acids is 1. The van der Waals surface area contributed by atoms with Crippen molar-refractivity contribution in [3.05, 3.63) is 15.6 Å². The van der Waals surface area contributed by atoms with E-state index in [0.29, 0.717) is 0 Å². The molecule has 0 amide bonds. The molecule has 0 bridgehead atoms. The molecule has 0 unspecified atom stereocenters. The van der Waals surface area contributed by atoms with Gasteiger partial charge in [0.25, 0.3) is 0 Å². The normalized spacial score (nSPS) is 10.6. The Balaban J connectivity index is 2.77. The van der Waals surface area contributed by atoms with Crippen LogP contribution in [0.1, 0.15) is 35.8 Å². The maximum Gasteiger partial charge on any atom is 0.308 e. The molecule has 0 atom stereocenters. The van der Waals surface area contributed by atoms with E-state index in [2.05, 4.69) is 18.8 Å². The number of rotatable bonds is 7. The number of aromatic nitrogens is 1. The van der Waals surface area contributed by atoms with Crippen molar-refractivity contribution >= 4 is 29.1 Å². The Morgan fingerprint density at radius 3 is 2.81 bits per heavy atom. The maximum atomic E-state index is 10.7. The maximum absolute atomic E-state index is 10.7. The summed E-state index contributed by atoms with van der Waals surface area (Å²) < 4.78 is 0. The third-order valence-electron chi connectivity index (χ3n) is 2.05. The Hall–Kier alpha value is -0.550. The van der Waals surface area contributed by atoms with Gasteiger partial charge in [0.1, 0.15) is 5.01 Å². The molecule has 1 aromatic heterocycles. The fraction of sp³-hybridized carbons (Fsp3) is 0.636.